The second kappa shape index (κ2) is 7.35. The molecule has 4 heteroatoms. The maximum atomic E-state index is 10.4. The molecule has 122 valence electrons. The number of β-amino-alcohol motifs (C(OH)–C–C–N with tert-alkyl or cyclic N) is 1. The molecule has 1 N–H and O–H groups in total. The lowest BCUT2D eigenvalue weighted by molar-refractivity contribution is 0.104. The molecule has 0 bridgehead atoms. The van der Waals surface area contributed by atoms with E-state index in [2.05, 4.69) is 24.0 Å². The molecule has 0 spiro atoms. The van der Waals surface area contributed by atoms with Gasteiger partial charge in [-0.25, -0.2) is 0 Å². The van der Waals surface area contributed by atoms with Gasteiger partial charge in [-0.1, -0.05) is 41.4 Å². The van der Waals surface area contributed by atoms with Crippen LogP contribution in [0.15, 0.2) is 42.5 Å². The van der Waals surface area contributed by atoms with Gasteiger partial charge in [-0.05, 0) is 37.1 Å². The molecule has 0 radical (unpaired) electrons. The standard InChI is InChI=1S/C19H22ClNO2/c1-14-5-6-19-16(9-14)12-21(7-8-23-19)13-18(22)11-15-3-2-4-17(20)10-15/h2-6,9-10,18,22H,7-8,11-13H2,1H3. The third kappa shape index (κ3) is 4.47. The highest BCUT2D eigenvalue weighted by Crippen LogP contribution is 2.24. The van der Waals surface area contributed by atoms with Crippen molar-refractivity contribution in [1.29, 1.82) is 0 Å². The van der Waals surface area contributed by atoms with Crippen molar-refractivity contribution in [1.82, 2.24) is 4.90 Å². The van der Waals surface area contributed by atoms with Crippen LogP contribution in [0.3, 0.4) is 0 Å². The third-order valence-electron chi connectivity index (χ3n) is 4.10. The molecule has 0 aromatic heterocycles. The van der Waals surface area contributed by atoms with Gasteiger partial charge in [0.25, 0.3) is 0 Å². The first-order chi connectivity index (χ1) is 11.1. The summed E-state index contributed by atoms with van der Waals surface area (Å²) >= 11 is 6.00. The Morgan fingerprint density at radius 1 is 1.26 bits per heavy atom. The van der Waals surface area contributed by atoms with Gasteiger partial charge in [0.15, 0.2) is 0 Å². The Bertz CT molecular complexity index is 674. The summed E-state index contributed by atoms with van der Waals surface area (Å²) in [6.45, 7) is 5.00. The van der Waals surface area contributed by atoms with Gasteiger partial charge >= 0.3 is 0 Å². The first-order valence-electron chi connectivity index (χ1n) is 7.97. The lowest BCUT2D eigenvalue weighted by Gasteiger charge is -2.23. The molecule has 0 saturated heterocycles. The Hall–Kier alpha value is -1.55. The summed E-state index contributed by atoms with van der Waals surface area (Å²) in [5, 5.41) is 11.1. The molecule has 1 aliphatic heterocycles. The Kier molecular flexibility index (Phi) is 5.21. The van der Waals surface area contributed by atoms with Crippen LogP contribution in [-0.2, 0) is 13.0 Å². The molecule has 1 atom stereocenters. The van der Waals surface area contributed by atoms with Crippen molar-refractivity contribution in [3.05, 3.63) is 64.2 Å². The highest BCUT2D eigenvalue weighted by atomic mass is 35.5. The van der Waals surface area contributed by atoms with Gasteiger partial charge in [0.2, 0.25) is 0 Å². The summed E-state index contributed by atoms with van der Waals surface area (Å²) in [5.41, 5.74) is 3.48. The fourth-order valence-corrected chi connectivity index (χ4v) is 3.24. The number of hydrogen-bond acceptors (Lipinski definition) is 3. The van der Waals surface area contributed by atoms with Crippen molar-refractivity contribution < 1.29 is 9.84 Å². The molecule has 2 aromatic carbocycles. The predicted octanol–water partition coefficient (Wildman–Crippen LogP) is 3.45. The zero-order valence-electron chi connectivity index (χ0n) is 13.3. The molecular weight excluding hydrogens is 310 g/mol. The van der Waals surface area contributed by atoms with Crippen LogP contribution in [0, 0.1) is 6.92 Å². The molecule has 3 nitrogen and oxygen atoms in total. The molecule has 3 rings (SSSR count). The average molecular weight is 332 g/mol. The van der Waals surface area contributed by atoms with Gasteiger partial charge in [-0.15, -0.1) is 0 Å². The summed E-state index contributed by atoms with van der Waals surface area (Å²) in [6, 6.07) is 14.0. The number of rotatable bonds is 4. The monoisotopic (exact) mass is 331 g/mol. The van der Waals surface area contributed by atoms with Crippen LogP contribution < -0.4 is 4.74 Å². The normalized spacial score (nSPS) is 16.3. The van der Waals surface area contributed by atoms with Crippen molar-refractivity contribution in [2.24, 2.45) is 0 Å². The maximum absolute atomic E-state index is 10.4. The summed E-state index contributed by atoms with van der Waals surface area (Å²) in [4.78, 5) is 2.25. The smallest absolute Gasteiger partial charge is 0.123 e. The molecule has 1 heterocycles. The van der Waals surface area contributed by atoms with Gasteiger partial charge < -0.3 is 9.84 Å². The zero-order valence-corrected chi connectivity index (χ0v) is 14.1. The van der Waals surface area contributed by atoms with Gasteiger partial charge in [-0.3, -0.25) is 4.90 Å². The van der Waals surface area contributed by atoms with E-state index in [1.807, 2.05) is 30.3 Å². The van der Waals surface area contributed by atoms with Crippen molar-refractivity contribution >= 4 is 11.6 Å². The first-order valence-corrected chi connectivity index (χ1v) is 8.35. The molecule has 23 heavy (non-hydrogen) atoms. The number of ether oxygens (including phenoxy) is 1. The third-order valence-corrected chi connectivity index (χ3v) is 4.34. The number of halogens is 1. The van der Waals surface area contributed by atoms with E-state index in [1.54, 1.807) is 0 Å². The number of aryl methyl sites for hydroxylation is 1. The van der Waals surface area contributed by atoms with Crippen molar-refractivity contribution in [2.45, 2.75) is 26.0 Å². The van der Waals surface area contributed by atoms with Gasteiger partial charge in [0, 0.05) is 30.2 Å². The lowest BCUT2D eigenvalue weighted by Crippen LogP contribution is -2.34. The van der Waals surface area contributed by atoms with Crippen molar-refractivity contribution in [3.8, 4) is 5.75 Å². The molecule has 0 fully saturated rings. The van der Waals surface area contributed by atoms with Gasteiger partial charge in [-0.2, -0.15) is 0 Å². The minimum absolute atomic E-state index is 0.417. The van der Waals surface area contributed by atoms with Crippen LogP contribution in [0.5, 0.6) is 5.75 Å². The highest BCUT2D eigenvalue weighted by Gasteiger charge is 2.18. The summed E-state index contributed by atoms with van der Waals surface area (Å²) in [6.07, 6.45) is 0.193. The minimum atomic E-state index is -0.417. The fourth-order valence-electron chi connectivity index (χ4n) is 3.03. The SMILES string of the molecule is Cc1ccc2c(c1)CN(CC(O)Cc1cccc(Cl)c1)CCO2. The fraction of sp³-hybridized carbons (Fsp3) is 0.368. The largest absolute Gasteiger partial charge is 0.492 e. The van der Waals surface area contributed by atoms with Crippen molar-refractivity contribution in [3.63, 3.8) is 0 Å². The van der Waals surface area contributed by atoms with Crippen LogP contribution in [0.25, 0.3) is 0 Å². The summed E-state index contributed by atoms with van der Waals surface area (Å²) in [7, 11) is 0. The average Bonchev–Trinajstić information content (AvgIpc) is 2.68. The first kappa shape index (κ1) is 16.3. The lowest BCUT2D eigenvalue weighted by atomic mass is 10.1. The Balaban J connectivity index is 1.63. The molecule has 0 saturated carbocycles. The number of aliphatic hydroxyl groups excluding tert-OH is 1. The van der Waals surface area contributed by atoms with Crippen LogP contribution in [0.1, 0.15) is 16.7 Å². The van der Waals surface area contributed by atoms with E-state index in [0.29, 0.717) is 24.6 Å². The number of fused-ring (bicyclic) bond motifs is 1. The second-order valence-corrected chi connectivity index (χ2v) is 6.62. The quantitative estimate of drug-likeness (QED) is 0.931. The molecule has 0 aliphatic carbocycles. The van der Waals surface area contributed by atoms with Crippen LogP contribution >= 0.6 is 11.6 Å². The van der Waals surface area contributed by atoms with E-state index in [1.165, 1.54) is 11.1 Å². The maximum Gasteiger partial charge on any atom is 0.123 e. The predicted molar refractivity (Wildman–Crippen MR) is 93.1 cm³/mol. The molecule has 1 aliphatic rings. The summed E-state index contributed by atoms with van der Waals surface area (Å²) in [5.74, 6) is 0.961. The Morgan fingerprint density at radius 2 is 2.13 bits per heavy atom. The number of aliphatic hydroxyl groups is 1. The Labute approximate surface area is 142 Å². The molecule has 1 unspecified atom stereocenters. The number of nitrogens with zero attached hydrogens (tertiary/aromatic N) is 1. The summed E-state index contributed by atoms with van der Waals surface area (Å²) < 4.78 is 5.81. The van der Waals surface area contributed by atoms with Crippen LogP contribution in [0.4, 0.5) is 0 Å². The highest BCUT2D eigenvalue weighted by molar-refractivity contribution is 6.30. The van der Waals surface area contributed by atoms with Crippen LogP contribution in [0.2, 0.25) is 5.02 Å². The van der Waals surface area contributed by atoms with Crippen LogP contribution in [-0.4, -0.2) is 35.8 Å². The van der Waals surface area contributed by atoms with E-state index < -0.39 is 6.10 Å². The van der Waals surface area contributed by atoms with E-state index in [0.717, 1.165) is 24.4 Å². The molecule has 2 aromatic rings. The van der Waals surface area contributed by atoms with E-state index in [4.69, 9.17) is 16.3 Å². The van der Waals surface area contributed by atoms with Gasteiger partial charge in [0.1, 0.15) is 12.4 Å². The topological polar surface area (TPSA) is 32.7 Å². The van der Waals surface area contributed by atoms with E-state index in [9.17, 15) is 5.11 Å². The number of benzene rings is 2. The number of hydrogen-bond donors (Lipinski definition) is 1. The minimum Gasteiger partial charge on any atom is -0.492 e. The van der Waals surface area contributed by atoms with Crippen molar-refractivity contribution in [2.75, 3.05) is 19.7 Å². The second-order valence-electron chi connectivity index (χ2n) is 6.18. The van der Waals surface area contributed by atoms with E-state index in [-0.39, 0.29) is 0 Å². The molecular formula is C19H22ClNO2. The zero-order chi connectivity index (χ0) is 16.2. The molecule has 0 amide bonds. The Morgan fingerprint density at radius 3 is 2.96 bits per heavy atom. The van der Waals surface area contributed by atoms with Gasteiger partial charge in [0.05, 0.1) is 6.10 Å². The van der Waals surface area contributed by atoms with E-state index >= 15 is 0 Å².